The molecule has 1 saturated heterocycles. The monoisotopic (exact) mass is 652 g/mol. The number of nitriles is 1. The molecule has 5 aromatic rings. The maximum atomic E-state index is 13.1. The maximum Gasteiger partial charge on any atom is 0.321 e. The number of rotatable bonds is 8. The summed E-state index contributed by atoms with van der Waals surface area (Å²) in [7, 11) is 0. The van der Waals surface area contributed by atoms with Gasteiger partial charge in [0.25, 0.3) is 0 Å². The Kier molecular flexibility index (Phi) is 9.35. The minimum Gasteiger partial charge on any atom is -0.337 e. The van der Waals surface area contributed by atoms with E-state index in [0.29, 0.717) is 35.3 Å². The lowest BCUT2D eigenvalue weighted by molar-refractivity contribution is 0.177. The Balaban J connectivity index is 1.07. The molecule has 2 aromatic heterocycles. The summed E-state index contributed by atoms with van der Waals surface area (Å²) in [6, 6.07) is 30.0. The third kappa shape index (κ3) is 7.05. The molecule has 1 aliphatic carbocycles. The van der Waals surface area contributed by atoms with E-state index in [0.717, 1.165) is 55.6 Å². The van der Waals surface area contributed by atoms with Crippen molar-refractivity contribution < 1.29 is 4.79 Å². The van der Waals surface area contributed by atoms with Crippen LogP contribution < -0.4 is 5.32 Å². The first kappa shape index (κ1) is 31.4. The van der Waals surface area contributed by atoms with E-state index >= 15 is 0 Å². The third-order valence-electron chi connectivity index (χ3n) is 9.59. The van der Waals surface area contributed by atoms with Gasteiger partial charge in [0, 0.05) is 48.7 Å². The molecule has 240 valence electrons. The van der Waals surface area contributed by atoms with Crippen LogP contribution in [0.1, 0.15) is 64.4 Å². The lowest BCUT2D eigenvalue weighted by atomic mass is 9.76. The van der Waals surface area contributed by atoms with Crippen molar-refractivity contribution in [1.82, 2.24) is 19.4 Å². The zero-order valence-electron chi connectivity index (χ0n) is 26.7. The van der Waals surface area contributed by atoms with Gasteiger partial charge in [0.1, 0.15) is 0 Å². The van der Waals surface area contributed by atoms with E-state index in [9.17, 15) is 4.79 Å². The van der Waals surface area contributed by atoms with Crippen molar-refractivity contribution in [2.75, 3.05) is 18.4 Å². The van der Waals surface area contributed by atoms with Gasteiger partial charge in [0.05, 0.1) is 29.3 Å². The average molecular weight is 653 g/mol. The number of nitrogens with one attached hydrogen (secondary N) is 1. The van der Waals surface area contributed by atoms with Crippen LogP contribution in [0.5, 0.6) is 0 Å². The first-order valence-electron chi connectivity index (χ1n) is 16.6. The zero-order chi connectivity index (χ0) is 32.9. The Morgan fingerprint density at radius 1 is 0.938 bits per heavy atom. The second-order valence-corrected chi connectivity index (χ2v) is 13.1. The van der Waals surface area contributed by atoms with Gasteiger partial charge < -0.3 is 14.8 Å². The van der Waals surface area contributed by atoms with Gasteiger partial charge in [0.2, 0.25) is 0 Å². The van der Waals surface area contributed by atoms with Gasteiger partial charge in [-0.1, -0.05) is 60.1 Å². The normalized spacial score (nSPS) is 15.9. The summed E-state index contributed by atoms with van der Waals surface area (Å²) in [4.78, 5) is 24.8. The van der Waals surface area contributed by atoms with Crippen molar-refractivity contribution in [2.24, 2.45) is 5.92 Å². The highest BCUT2D eigenvalue weighted by atomic mass is 35.5. The Morgan fingerprint density at radius 2 is 1.75 bits per heavy atom. The van der Waals surface area contributed by atoms with Crippen LogP contribution in [-0.4, -0.2) is 38.6 Å². The molecule has 0 spiro atoms. The fourth-order valence-corrected chi connectivity index (χ4v) is 7.26. The molecule has 3 aromatic carbocycles. The molecule has 2 amide bonds. The number of piperidine rings is 1. The summed E-state index contributed by atoms with van der Waals surface area (Å²) in [5.74, 6) is 0.398. The topological polar surface area (TPSA) is 86.8 Å². The first-order chi connectivity index (χ1) is 23.5. The summed E-state index contributed by atoms with van der Waals surface area (Å²) in [6.07, 6.45) is 12.8. The number of carbonyl (C=O) groups excluding carboxylic acids is 1. The highest BCUT2D eigenvalue weighted by Gasteiger charge is 2.35. The average Bonchev–Trinajstić information content (AvgIpc) is 3.54. The summed E-state index contributed by atoms with van der Waals surface area (Å²) in [5.41, 5.74) is 9.56. The molecule has 1 atom stereocenters. The molecule has 7 rings (SSSR count). The third-order valence-corrected chi connectivity index (χ3v) is 9.83. The van der Waals surface area contributed by atoms with Gasteiger partial charge in [-0.2, -0.15) is 5.26 Å². The molecule has 3 heterocycles. The van der Waals surface area contributed by atoms with E-state index in [1.54, 1.807) is 24.3 Å². The summed E-state index contributed by atoms with van der Waals surface area (Å²) >= 11 is 6.59. The number of anilines is 1. The number of pyridine rings is 1. The Hall–Kier alpha value is -5.19. The minimum absolute atomic E-state index is 0.0868. The summed E-state index contributed by atoms with van der Waals surface area (Å²) < 4.78 is 2.19. The standard InChI is InChI=1S/C40H37ClN6O/c41-33-11-15-36-32(24-33)23-31(16-20-46-26-35(44-27-46)14-8-28-5-2-1-3-6-28)37-7-4-19-43-39(37)38(36)30-17-21-47(22-18-30)40(48)45-34-12-9-29(25-42)10-13-34/h1-7,9-13,15,19,23-24,26-27,30,38H,8,14,16-18,20-22H2,(H,45,48). The number of carbonyl (C=O) groups is 1. The molecule has 7 nitrogen and oxygen atoms in total. The number of amides is 2. The molecule has 1 unspecified atom stereocenters. The van der Waals surface area contributed by atoms with E-state index in [4.69, 9.17) is 26.8 Å². The molecular formula is C40H37ClN6O. The van der Waals surface area contributed by atoms with Crippen LogP contribution in [0.25, 0.3) is 11.6 Å². The Bertz CT molecular complexity index is 1970. The number of hydrogen-bond donors (Lipinski definition) is 1. The van der Waals surface area contributed by atoms with E-state index in [-0.39, 0.29) is 11.9 Å². The summed E-state index contributed by atoms with van der Waals surface area (Å²) in [6.45, 7) is 2.12. The molecule has 1 aliphatic heterocycles. The quantitative estimate of drug-likeness (QED) is 0.182. The van der Waals surface area contributed by atoms with Crippen LogP contribution in [0.15, 0.2) is 104 Å². The molecular weight excluding hydrogens is 616 g/mol. The zero-order valence-corrected chi connectivity index (χ0v) is 27.5. The van der Waals surface area contributed by atoms with Crippen molar-refractivity contribution in [1.29, 1.82) is 5.26 Å². The van der Waals surface area contributed by atoms with Crippen molar-refractivity contribution in [3.63, 3.8) is 0 Å². The number of aromatic nitrogens is 3. The number of aryl methyl sites for hydroxylation is 3. The smallest absolute Gasteiger partial charge is 0.321 e. The van der Waals surface area contributed by atoms with Crippen molar-refractivity contribution in [2.45, 2.75) is 44.6 Å². The fraction of sp³-hybridized carbons (Fsp3) is 0.250. The molecule has 0 radical (unpaired) electrons. The maximum absolute atomic E-state index is 13.1. The number of hydrogen-bond acceptors (Lipinski definition) is 4. The van der Waals surface area contributed by atoms with Crippen molar-refractivity contribution in [3.8, 4) is 6.07 Å². The number of halogens is 1. The number of fused-ring (bicyclic) bond motifs is 2. The SMILES string of the molecule is N#Cc1ccc(NC(=O)N2CCC(C3c4ccc(Cl)cc4C=C(CCn4cnc(CCc5ccccc5)c4)c4cccnc43)CC2)cc1. The van der Waals surface area contributed by atoms with Gasteiger partial charge in [0.15, 0.2) is 0 Å². The molecule has 2 aliphatic rings. The number of likely N-dealkylation sites (tertiary alicyclic amines) is 1. The van der Waals surface area contributed by atoms with Gasteiger partial charge in [-0.05, 0) is 108 Å². The predicted octanol–water partition coefficient (Wildman–Crippen LogP) is 8.61. The van der Waals surface area contributed by atoms with E-state index < -0.39 is 0 Å². The highest BCUT2D eigenvalue weighted by molar-refractivity contribution is 6.30. The van der Waals surface area contributed by atoms with Crippen LogP contribution in [0.2, 0.25) is 5.02 Å². The Labute approximate surface area is 286 Å². The number of nitrogens with zero attached hydrogens (tertiary/aromatic N) is 5. The number of imidazole rings is 1. The van der Waals surface area contributed by atoms with Crippen molar-refractivity contribution >= 4 is 35.0 Å². The van der Waals surface area contributed by atoms with Crippen LogP contribution >= 0.6 is 11.6 Å². The minimum atomic E-state index is -0.114. The van der Waals surface area contributed by atoms with Crippen LogP contribution in [0, 0.1) is 17.2 Å². The molecule has 0 saturated carbocycles. The number of benzene rings is 3. The van der Waals surface area contributed by atoms with Gasteiger partial charge >= 0.3 is 6.03 Å². The predicted molar refractivity (Wildman–Crippen MR) is 191 cm³/mol. The number of allylic oxidation sites excluding steroid dienone is 1. The van der Waals surface area contributed by atoms with Crippen LogP contribution in [-0.2, 0) is 19.4 Å². The van der Waals surface area contributed by atoms with Gasteiger partial charge in [-0.25, -0.2) is 9.78 Å². The molecule has 0 bridgehead atoms. The lowest BCUT2D eigenvalue weighted by Crippen LogP contribution is -2.42. The number of urea groups is 1. The second-order valence-electron chi connectivity index (χ2n) is 12.6. The second kappa shape index (κ2) is 14.3. The molecule has 1 N–H and O–H groups in total. The fourth-order valence-electron chi connectivity index (χ4n) is 7.08. The largest absolute Gasteiger partial charge is 0.337 e. The lowest BCUT2D eigenvalue weighted by Gasteiger charge is -2.36. The summed E-state index contributed by atoms with van der Waals surface area (Å²) in [5, 5.41) is 12.8. The molecule has 1 fully saturated rings. The molecule has 48 heavy (non-hydrogen) atoms. The Morgan fingerprint density at radius 3 is 2.54 bits per heavy atom. The van der Waals surface area contributed by atoms with E-state index in [1.807, 2.05) is 35.6 Å². The van der Waals surface area contributed by atoms with Gasteiger partial charge in [-0.3, -0.25) is 4.98 Å². The highest BCUT2D eigenvalue weighted by Crippen LogP contribution is 2.45. The van der Waals surface area contributed by atoms with Crippen molar-refractivity contribution in [3.05, 3.63) is 148 Å². The molecule has 8 heteroatoms. The van der Waals surface area contributed by atoms with Gasteiger partial charge in [-0.15, -0.1) is 0 Å². The first-order valence-corrected chi connectivity index (χ1v) is 17.0. The van der Waals surface area contributed by atoms with Crippen LogP contribution in [0.4, 0.5) is 10.5 Å². The van der Waals surface area contributed by atoms with E-state index in [1.165, 1.54) is 22.3 Å². The van der Waals surface area contributed by atoms with E-state index in [2.05, 4.69) is 70.7 Å². The van der Waals surface area contributed by atoms with Crippen LogP contribution in [0.3, 0.4) is 0 Å².